The number of esters is 1. The Morgan fingerprint density at radius 1 is 1.33 bits per heavy atom. The van der Waals surface area contributed by atoms with Gasteiger partial charge in [-0.15, -0.1) is 0 Å². The molecule has 0 bridgehead atoms. The summed E-state index contributed by atoms with van der Waals surface area (Å²) in [6.07, 6.45) is 7.66. The van der Waals surface area contributed by atoms with Crippen LogP contribution >= 0.6 is 0 Å². The topological polar surface area (TPSA) is 61.3 Å². The molecule has 1 aromatic rings. The first kappa shape index (κ1) is 12.8. The van der Waals surface area contributed by atoms with Gasteiger partial charge in [0.15, 0.2) is 5.69 Å². The van der Waals surface area contributed by atoms with Crippen LogP contribution in [0, 0.1) is 5.92 Å². The molecular weight excluding hydrogens is 232 g/mol. The lowest BCUT2D eigenvalue weighted by molar-refractivity contribution is 0.0593. The van der Waals surface area contributed by atoms with E-state index in [-0.39, 0.29) is 11.8 Å². The maximum atomic E-state index is 11.2. The van der Waals surface area contributed by atoms with Gasteiger partial charge in [0.2, 0.25) is 5.88 Å². The molecule has 0 N–H and O–H groups in total. The van der Waals surface area contributed by atoms with Crippen molar-refractivity contribution in [2.45, 2.75) is 38.7 Å². The molecule has 1 heterocycles. The third kappa shape index (κ3) is 3.18. The fraction of sp³-hybridized carbons (Fsp3) is 0.615. The predicted octanol–water partition coefficient (Wildman–Crippen LogP) is 2.22. The Labute approximate surface area is 107 Å². The molecule has 0 aliphatic heterocycles. The first-order valence-corrected chi connectivity index (χ1v) is 6.26. The van der Waals surface area contributed by atoms with Crippen molar-refractivity contribution in [1.29, 1.82) is 0 Å². The van der Waals surface area contributed by atoms with E-state index in [4.69, 9.17) is 4.74 Å². The molecule has 98 valence electrons. The van der Waals surface area contributed by atoms with Gasteiger partial charge in [0.05, 0.1) is 19.5 Å². The number of hydrogen-bond donors (Lipinski definition) is 0. The third-order valence-corrected chi connectivity index (χ3v) is 3.20. The Hall–Kier alpha value is -1.65. The lowest BCUT2D eigenvalue weighted by Gasteiger charge is -2.26. The van der Waals surface area contributed by atoms with Crippen molar-refractivity contribution in [2.24, 2.45) is 5.92 Å². The monoisotopic (exact) mass is 250 g/mol. The highest BCUT2D eigenvalue weighted by atomic mass is 16.5. The average Bonchev–Trinajstić information content (AvgIpc) is 2.39. The summed E-state index contributed by atoms with van der Waals surface area (Å²) in [5, 5.41) is 0. The van der Waals surface area contributed by atoms with Gasteiger partial charge in [-0.1, -0.05) is 13.3 Å². The maximum Gasteiger partial charge on any atom is 0.358 e. The first-order chi connectivity index (χ1) is 8.69. The zero-order valence-corrected chi connectivity index (χ0v) is 10.8. The summed E-state index contributed by atoms with van der Waals surface area (Å²) in [5.74, 6) is 0.688. The lowest BCUT2D eigenvalue weighted by atomic mass is 9.89. The molecular formula is C13H18N2O3. The minimum absolute atomic E-state index is 0.196. The molecule has 2 atom stereocenters. The zero-order chi connectivity index (χ0) is 13.0. The molecule has 1 aliphatic carbocycles. The van der Waals surface area contributed by atoms with Crippen molar-refractivity contribution in [1.82, 2.24) is 9.97 Å². The van der Waals surface area contributed by atoms with Crippen molar-refractivity contribution < 1.29 is 14.3 Å². The molecule has 0 spiro atoms. The van der Waals surface area contributed by atoms with E-state index in [0.717, 1.165) is 12.8 Å². The number of hydrogen-bond acceptors (Lipinski definition) is 5. The van der Waals surface area contributed by atoms with Crippen LogP contribution in [0.2, 0.25) is 0 Å². The van der Waals surface area contributed by atoms with Crippen LogP contribution in [0.15, 0.2) is 12.4 Å². The molecule has 2 rings (SSSR count). The number of ether oxygens (including phenoxy) is 2. The second kappa shape index (κ2) is 5.80. The van der Waals surface area contributed by atoms with Crippen LogP contribution in [-0.2, 0) is 4.74 Å². The Kier molecular flexibility index (Phi) is 4.12. The highest BCUT2D eigenvalue weighted by molar-refractivity contribution is 5.86. The second-order valence-corrected chi connectivity index (χ2v) is 4.74. The van der Waals surface area contributed by atoms with Crippen LogP contribution in [-0.4, -0.2) is 29.2 Å². The summed E-state index contributed by atoms with van der Waals surface area (Å²) in [7, 11) is 1.32. The molecule has 0 aromatic carbocycles. The van der Waals surface area contributed by atoms with E-state index in [1.165, 1.54) is 32.3 Å². The number of carbonyl (C=O) groups excluding carboxylic acids is 1. The van der Waals surface area contributed by atoms with Crippen molar-refractivity contribution in [2.75, 3.05) is 7.11 Å². The minimum atomic E-state index is -0.486. The number of aromatic nitrogens is 2. The summed E-state index contributed by atoms with van der Waals surface area (Å²) in [5.41, 5.74) is 0.196. The summed E-state index contributed by atoms with van der Waals surface area (Å²) in [6, 6.07) is 0. The molecule has 0 saturated heterocycles. The fourth-order valence-corrected chi connectivity index (χ4v) is 2.24. The van der Waals surface area contributed by atoms with Gasteiger partial charge in [-0.05, 0) is 25.2 Å². The molecule has 0 amide bonds. The van der Waals surface area contributed by atoms with Crippen LogP contribution in [0.3, 0.4) is 0 Å². The quantitative estimate of drug-likeness (QED) is 0.770. The molecule has 1 fully saturated rings. The van der Waals surface area contributed by atoms with E-state index in [0.29, 0.717) is 11.8 Å². The van der Waals surface area contributed by atoms with Gasteiger partial charge in [-0.25, -0.2) is 14.8 Å². The fourth-order valence-electron chi connectivity index (χ4n) is 2.24. The van der Waals surface area contributed by atoms with E-state index in [1.807, 2.05) is 0 Å². The summed E-state index contributed by atoms with van der Waals surface area (Å²) >= 11 is 0. The zero-order valence-electron chi connectivity index (χ0n) is 10.8. The van der Waals surface area contributed by atoms with Crippen molar-refractivity contribution >= 4 is 5.97 Å². The predicted molar refractivity (Wildman–Crippen MR) is 65.4 cm³/mol. The van der Waals surface area contributed by atoms with Crippen molar-refractivity contribution in [3.8, 4) is 5.88 Å². The lowest BCUT2D eigenvalue weighted by Crippen LogP contribution is -2.24. The van der Waals surface area contributed by atoms with Gasteiger partial charge in [-0.2, -0.15) is 0 Å². The van der Waals surface area contributed by atoms with Gasteiger partial charge in [0.25, 0.3) is 0 Å². The molecule has 5 heteroatoms. The van der Waals surface area contributed by atoms with E-state index in [2.05, 4.69) is 21.6 Å². The maximum absolute atomic E-state index is 11.2. The summed E-state index contributed by atoms with van der Waals surface area (Å²) in [4.78, 5) is 19.2. The van der Waals surface area contributed by atoms with Crippen LogP contribution in [0.1, 0.15) is 43.1 Å². The largest absolute Gasteiger partial charge is 0.473 e. The van der Waals surface area contributed by atoms with Gasteiger partial charge in [0, 0.05) is 0 Å². The average molecular weight is 250 g/mol. The number of carbonyl (C=O) groups is 1. The first-order valence-electron chi connectivity index (χ1n) is 6.26. The molecule has 0 radical (unpaired) electrons. The van der Waals surface area contributed by atoms with Gasteiger partial charge in [-0.3, -0.25) is 0 Å². The third-order valence-electron chi connectivity index (χ3n) is 3.20. The molecule has 5 nitrogen and oxygen atoms in total. The Balaban J connectivity index is 1.95. The molecule has 1 aliphatic rings. The van der Waals surface area contributed by atoms with Crippen molar-refractivity contribution in [3.63, 3.8) is 0 Å². The Bertz CT molecular complexity index is 405. The van der Waals surface area contributed by atoms with Gasteiger partial charge < -0.3 is 9.47 Å². The van der Waals surface area contributed by atoms with Crippen molar-refractivity contribution in [3.05, 3.63) is 18.1 Å². The van der Waals surface area contributed by atoms with Crippen LogP contribution in [0.25, 0.3) is 0 Å². The smallest absolute Gasteiger partial charge is 0.358 e. The van der Waals surface area contributed by atoms with E-state index < -0.39 is 5.97 Å². The number of methoxy groups -OCH3 is 1. The van der Waals surface area contributed by atoms with Crippen LogP contribution < -0.4 is 4.74 Å². The molecule has 1 aromatic heterocycles. The van der Waals surface area contributed by atoms with E-state index in [1.54, 1.807) is 0 Å². The Morgan fingerprint density at radius 3 is 2.78 bits per heavy atom. The normalized spacial score (nSPS) is 23.4. The van der Waals surface area contributed by atoms with Crippen LogP contribution in [0.4, 0.5) is 0 Å². The van der Waals surface area contributed by atoms with Gasteiger partial charge in [0.1, 0.15) is 6.10 Å². The number of rotatable bonds is 3. The summed E-state index contributed by atoms with van der Waals surface area (Å²) < 4.78 is 10.3. The highest BCUT2D eigenvalue weighted by Crippen LogP contribution is 2.26. The van der Waals surface area contributed by atoms with Crippen LogP contribution in [0.5, 0.6) is 5.88 Å². The minimum Gasteiger partial charge on any atom is -0.473 e. The van der Waals surface area contributed by atoms with E-state index >= 15 is 0 Å². The van der Waals surface area contributed by atoms with E-state index in [9.17, 15) is 4.79 Å². The highest BCUT2D eigenvalue weighted by Gasteiger charge is 2.20. The number of nitrogens with zero attached hydrogens (tertiary/aromatic N) is 2. The second-order valence-electron chi connectivity index (χ2n) is 4.74. The Morgan fingerprint density at radius 2 is 2.17 bits per heavy atom. The SMILES string of the molecule is COC(=O)c1cnc(OC2CCCC(C)C2)cn1. The van der Waals surface area contributed by atoms with Gasteiger partial charge >= 0.3 is 5.97 Å². The molecule has 1 saturated carbocycles. The molecule has 2 unspecified atom stereocenters. The molecule has 18 heavy (non-hydrogen) atoms. The summed E-state index contributed by atoms with van der Waals surface area (Å²) in [6.45, 7) is 2.24. The standard InChI is InChI=1S/C13H18N2O3/c1-9-4-3-5-10(6-9)18-12-8-14-11(7-15-12)13(16)17-2/h7-10H,3-6H2,1-2H3.